The normalized spacial score (nSPS) is 12.2. The van der Waals surface area contributed by atoms with Crippen molar-refractivity contribution in [2.75, 3.05) is 6.54 Å². The van der Waals surface area contributed by atoms with Crippen LogP contribution >= 0.6 is 11.3 Å². The predicted molar refractivity (Wildman–Crippen MR) is 103 cm³/mol. The minimum Gasteiger partial charge on any atom is -0.317 e. The molecule has 24 heavy (non-hydrogen) atoms. The van der Waals surface area contributed by atoms with Gasteiger partial charge < -0.3 is 4.57 Å². The molecule has 0 bridgehead atoms. The van der Waals surface area contributed by atoms with Crippen molar-refractivity contribution in [2.45, 2.75) is 71.8 Å². The molecule has 4 nitrogen and oxygen atoms in total. The lowest BCUT2D eigenvalue weighted by atomic mass is 10.2. The van der Waals surface area contributed by atoms with Gasteiger partial charge in [-0.15, -0.1) is 0 Å². The van der Waals surface area contributed by atoms with Crippen molar-refractivity contribution < 1.29 is 0 Å². The summed E-state index contributed by atoms with van der Waals surface area (Å²) in [6.07, 6.45) is 10.0. The van der Waals surface area contributed by atoms with Crippen molar-refractivity contribution in [3.63, 3.8) is 0 Å². The molecule has 2 aromatic rings. The zero-order valence-electron chi connectivity index (χ0n) is 15.1. The molecule has 0 atom stereocenters. The monoisotopic (exact) mass is 346 g/mol. The van der Waals surface area contributed by atoms with Gasteiger partial charge in [-0.1, -0.05) is 63.7 Å². The van der Waals surface area contributed by atoms with Crippen molar-refractivity contribution in [3.05, 3.63) is 23.0 Å². The summed E-state index contributed by atoms with van der Waals surface area (Å²) < 4.78 is 3.55. The van der Waals surface area contributed by atoms with Gasteiger partial charge >= 0.3 is 0 Å². The quantitative estimate of drug-likeness (QED) is 0.360. The number of hydrogen-bond acceptors (Lipinski definition) is 4. The molecule has 132 valence electrons. The Balaban J connectivity index is 2.21. The second kappa shape index (κ2) is 10.4. The molecular formula is C19H30N4S. The summed E-state index contributed by atoms with van der Waals surface area (Å²) in [4.78, 5) is 6.00. The van der Waals surface area contributed by atoms with E-state index >= 15 is 0 Å². The van der Waals surface area contributed by atoms with Gasteiger partial charge in [-0.2, -0.15) is 5.11 Å². The lowest BCUT2D eigenvalue weighted by Crippen LogP contribution is -2.15. The molecule has 0 unspecified atom stereocenters. The SMILES string of the molecule is CCCCCCN=c1sc2cc(N=N)ccc2n1CCCCCC. The fourth-order valence-electron chi connectivity index (χ4n) is 2.88. The minimum atomic E-state index is 0.719. The Morgan fingerprint density at radius 2 is 1.75 bits per heavy atom. The second-order valence-corrected chi connectivity index (χ2v) is 7.31. The van der Waals surface area contributed by atoms with E-state index in [9.17, 15) is 0 Å². The average molecular weight is 347 g/mol. The highest BCUT2D eigenvalue weighted by molar-refractivity contribution is 7.16. The van der Waals surface area contributed by atoms with Gasteiger partial charge in [0, 0.05) is 13.1 Å². The van der Waals surface area contributed by atoms with E-state index in [1.807, 2.05) is 12.1 Å². The van der Waals surface area contributed by atoms with Crippen molar-refractivity contribution in [1.29, 1.82) is 5.53 Å². The van der Waals surface area contributed by atoms with Crippen molar-refractivity contribution in [3.8, 4) is 0 Å². The Kier molecular flexibility index (Phi) is 8.16. The molecule has 1 aromatic heterocycles. The van der Waals surface area contributed by atoms with Crippen LogP contribution in [0.3, 0.4) is 0 Å². The fraction of sp³-hybridized carbons (Fsp3) is 0.632. The molecule has 1 heterocycles. The number of thiazole rings is 1. The number of nitrogens with zero attached hydrogens (tertiary/aromatic N) is 3. The summed E-state index contributed by atoms with van der Waals surface area (Å²) in [5.74, 6) is 0. The Morgan fingerprint density at radius 1 is 1.00 bits per heavy atom. The molecule has 0 amide bonds. The zero-order chi connectivity index (χ0) is 17.2. The lowest BCUT2D eigenvalue weighted by Gasteiger charge is -2.05. The maximum atomic E-state index is 7.21. The first kappa shape index (κ1) is 18.8. The van der Waals surface area contributed by atoms with E-state index < -0.39 is 0 Å². The lowest BCUT2D eigenvalue weighted by molar-refractivity contribution is 0.580. The first-order valence-corrected chi connectivity index (χ1v) is 10.1. The number of nitrogens with one attached hydrogen (secondary N) is 1. The molecule has 1 N–H and O–H groups in total. The van der Waals surface area contributed by atoms with Crippen LogP contribution in [0.1, 0.15) is 65.2 Å². The van der Waals surface area contributed by atoms with E-state index in [0.29, 0.717) is 0 Å². The summed E-state index contributed by atoms with van der Waals surface area (Å²) in [7, 11) is 0. The van der Waals surface area contributed by atoms with E-state index in [1.165, 1.54) is 61.6 Å². The predicted octanol–water partition coefficient (Wildman–Crippen LogP) is 6.43. The van der Waals surface area contributed by atoms with Crippen molar-refractivity contribution >= 4 is 27.2 Å². The number of aryl methyl sites for hydroxylation is 1. The van der Waals surface area contributed by atoms with Crippen LogP contribution in [0.2, 0.25) is 0 Å². The molecule has 0 saturated carbocycles. The van der Waals surface area contributed by atoms with Gasteiger partial charge in [0.2, 0.25) is 0 Å². The number of aromatic nitrogens is 1. The Labute approximate surface area is 149 Å². The molecule has 0 aliphatic rings. The third kappa shape index (κ3) is 5.26. The van der Waals surface area contributed by atoms with E-state index in [1.54, 1.807) is 11.3 Å². The number of fused-ring (bicyclic) bond motifs is 1. The summed E-state index contributed by atoms with van der Waals surface area (Å²) in [5, 5.41) is 3.56. The van der Waals surface area contributed by atoms with Crippen LogP contribution in [0.15, 0.2) is 28.3 Å². The average Bonchev–Trinajstić information content (AvgIpc) is 2.95. The second-order valence-electron chi connectivity index (χ2n) is 6.30. The Morgan fingerprint density at radius 3 is 2.46 bits per heavy atom. The van der Waals surface area contributed by atoms with E-state index in [2.05, 4.69) is 29.6 Å². The third-order valence-corrected chi connectivity index (χ3v) is 5.37. The van der Waals surface area contributed by atoms with Crippen molar-refractivity contribution in [2.24, 2.45) is 10.1 Å². The van der Waals surface area contributed by atoms with Crippen LogP contribution < -0.4 is 4.80 Å². The van der Waals surface area contributed by atoms with Gasteiger partial charge in [0.1, 0.15) is 0 Å². The fourth-order valence-corrected chi connectivity index (χ4v) is 3.99. The molecule has 0 spiro atoms. The number of hydrogen-bond donors (Lipinski definition) is 1. The van der Waals surface area contributed by atoms with Crippen LogP contribution in [0.5, 0.6) is 0 Å². The topological polar surface area (TPSA) is 53.5 Å². The molecule has 0 aliphatic heterocycles. The largest absolute Gasteiger partial charge is 0.317 e. The van der Waals surface area contributed by atoms with E-state index in [-0.39, 0.29) is 0 Å². The Hall–Kier alpha value is -1.49. The maximum Gasteiger partial charge on any atom is 0.185 e. The highest BCUT2D eigenvalue weighted by atomic mass is 32.1. The first-order valence-electron chi connectivity index (χ1n) is 9.31. The van der Waals surface area contributed by atoms with Gasteiger partial charge in [-0.25, -0.2) is 5.53 Å². The van der Waals surface area contributed by atoms with Gasteiger partial charge in [-0.3, -0.25) is 4.99 Å². The minimum absolute atomic E-state index is 0.719. The van der Waals surface area contributed by atoms with Crippen LogP contribution in [-0.2, 0) is 6.54 Å². The van der Waals surface area contributed by atoms with Crippen LogP contribution in [0.4, 0.5) is 5.69 Å². The molecule has 5 heteroatoms. The summed E-state index contributed by atoms with van der Waals surface area (Å²) in [6, 6.07) is 6.02. The smallest absolute Gasteiger partial charge is 0.185 e. The third-order valence-electron chi connectivity index (χ3n) is 4.29. The molecule has 0 radical (unpaired) electrons. The molecule has 1 aromatic carbocycles. The number of benzene rings is 1. The Bertz CT molecular complexity index is 699. The van der Waals surface area contributed by atoms with Gasteiger partial charge in [0.05, 0.1) is 15.9 Å². The zero-order valence-corrected chi connectivity index (χ0v) is 15.9. The molecule has 0 fully saturated rings. The standard InChI is InChI=1S/C19H30N4S/c1-3-5-7-9-13-21-19-23(14-10-8-6-4-2)17-12-11-16(22-20)15-18(17)24-19/h11-12,15,20H,3-10,13-14H2,1-2H3. The van der Waals surface area contributed by atoms with Gasteiger partial charge in [0.15, 0.2) is 4.80 Å². The molecule has 2 rings (SSSR count). The highest BCUT2D eigenvalue weighted by Crippen LogP contribution is 2.24. The van der Waals surface area contributed by atoms with Gasteiger partial charge in [0.25, 0.3) is 0 Å². The summed E-state index contributed by atoms with van der Waals surface area (Å²) >= 11 is 1.73. The van der Waals surface area contributed by atoms with Crippen LogP contribution in [-0.4, -0.2) is 11.1 Å². The van der Waals surface area contributed by atoms with E-state index in [4.69, 9.17) is 10.5 Å². The van der Waals surface area contributed by atoms with E-state index in [0.717, 1.165) is 23.6 Å². The highest BCUT2D eigenvalue weighted by Gasteiger charge is 2.07. The molecule has 0 aliphatic carbocycles. The van der Waals surface area contributed by atoms with Crippen LogP contribution in [0, 0.1) is 5.53 Å². The molecular weight excluding hydrogens is 316 g/mol. The number of rotatable bonds is 11. The summed E-state index contributed by atoms with van der Waals surface area (Å²) in [6.45, 7) is 6.43. The first-order chi connectivity index (χ1) is 11.8. The maximum absolute atomic E-state index is 7.21. The number of unbranched alkanes of at least 4 members (excludes halogenated alkanes) is 6. The van der Waals surface area contributed by atoms with Crippen molar-refractivity contribution in [1.82, 2.24) is 4.57 Å². The summed E-state index contributed by atoms with van der Waals surface area (Å²) in [5.41, 5.74) is 9.16. The molecule has 0 saturated heterocycles. The van der Waals surface area contributed by atoms with Crippen LogP contribution in [0.25, 0.3) is 10.2 Å². The van der Waals surface area contributed by atoms with Gasteiger partial charge in [-0.05, 0) is 31.0 Å².